The number of Topliss-reactive ketones (excluding diaryl/α,β-unsaturated/α-hetero) is 1. The lowest BCUT2D eigenvalue weighted by Crippen LogP contribution is -2.47. The Morgan fingerprint density at radius 2 is 1.76 bits per heavy atom. The molecule has 0 aromatic carbocycles. The quantitative estimate of drug-likeness (QED) is 0.719. The zero-order chi connectivity index (χ0) is 13.6. The Bertz CT molecular complexity index is 268. The predicted octanol–water partition coefficient (Wildman–Crippen LogP) is 2.22. The molecular weight excluding hydrogens is 218 g/mol. The van der Waals surface area contributed by atoms with Gasteiger partial charge in [-0.25, -0.2) is 0 Å². The van der Waals surface area contributed by atoms with Crippen molar-refractivity contribution in [3.8, 4) is 0 Å². The fourth-order valence-corrected chi connectivity index (χ4v) is 1.61. The van der Waals surface area contributed by atoms with Gasteiger partial charge in [0.05, 0.1) is 0 Å². The molecule has 2 N–H and O–H groups in total. The number of ketones is 1. The van der Waals surface area contributed by atoms with Crippen LogP contribution in [0.1, 0.15) is 53.9 Å². The Labute approximate surface area is 104 Å². The summed E-state index contributed by atoms with van der Waals surface area (Å²) in [6.07, 6.45) is 2.07. The van der Waals surface area contributed by atoms with Crippen LogP contribution in [-0.2, 0) is 9.59 Å². The minimum Gasteiger partial charge on any atom is -0.480 e. The van der Waals surface area contributed by atoms with Crippen LogP contribution in [0, 0.1) is 5.92 Å². The third-order valence-corrected chi connectivity index (χ3v) is 2.73. The summed E-state index contributed by atoms with van der Waals surface area (Å²) in [5.41, 5.74) is -0.213. The molecule has 0 aliphatic heterocycles. The molecule has 4 heteroatoms. The SMILES string of the molecule is CC(=O)C(C)CCC[C@H](NC(C)(C)C)C(=O)O. The highest BCUT2D eigenvalue weighted by Gasteiger charge is 2.23. The third kappa shape index (κ3) is 7.91. The average molecular weight is 243 g/mol. The predicted molar refractivity (Wildman–Crippen MR) is 68.0 cm³/mol. The molecule has 4 nitrogen and oxygen atoms in total. The summed E-state index contributed by atoms with van der Waals surface area (Å²) in [6, 6.07) is -0.533. The first-order valence-electron chi connectivity index (χ1n) is 6.14. The summed E-state index contributed by atoms with van der Waals surface area (Å²) in [5.74, 6) is -0.629. The van der Waals surface area contributed by atoms with E-state index in [9.17, 15) is 9.59 Å². The zero-order valence-corrected chi connectivity index (χ0v) is 11.5. The molecule has 0 aliphatic rings. The maximum absolute atomic E-state index is 11.1. The van der Waals surface area contributed by atoms with E-state index in [1.165, 1.54) is 0 Å². The normalized spacial score (nSPS) is 15.4. The largest absolute Gasteiger partial charge is 0.480 e. The average Bonchev–Trinajstić information content (AvgIpc) is 2.13. The molecule has 0 aliphatic carbocycles. The zero-order valence-electron chi connectivity index (χ0n) is 11.5. The summed E-state index contributed by atoms with van der Waals surface area (Å²) < 4.78 is 0. The van der Waals surface area contributed by atoms with Crippen molar-refractivity contribution in [2.45, 2.75) is 65.5 Å². The lowest BCUT2D eigenvalue weighted by molar-refractivity contribution is -0.140. The standard InChI is InChI=1S/C13H25NO3/c1-9(10(2)15)7-6-8-11(12(16)17)14-13(3,4)5/h9,11,14H,6-8H2,1-5H3,(H,16,17)/t9?,11-/m0/s1. The van der Waals surface area contributed by atoms with E-state index in [1.54, 1.807) is 6.92 Å². The van der Waals surface area contributed by atoms with E-state index in [1.807, 2.05) is 27.7 Å². The molecule has 0 heterocycles. The van der Waals surface area contributed by atoms with Crippen molar-refractivity contribution >= 4 is 11.8 Å². The van der Waals surface area contributed by atoms with Crippen molar-refractivity contribution in [2.75, 3.05) is 0 Å². The molecule has 0 fully saturated rings. The van der Waals surface area contributed by atoms with Crippen molar-refractivity contribution in [1.29, 1.82) is 0 Å². The summed E-state index contributed by atoms with van der Waals surface area (Å²) >= 11 is 0. The van der Waals surface area contributed by atoms with Gasteiger partial charge in [0.25, 0.3) is 0 Å². The monoisotopic (exact) mass is 243 g/mol. The molecule has 0 bridgehead atoms. The fourth-order valence-electron chi connectivity index (χ4n) is 1.61. The second-order valence-electron chi connectivity index (χ2n) is 5.73. The van der Waals surface area contributed by atoms with Gasteiger partial charge in [0.2, 0.25) is 0 Å². The number of carbonyl (C=O) groups excluding carboxylic acids is 1. The topological polar surface area (TPSA) is 66.4 Å². The van der Waals surface area contributed by atoms with E-state index >= 15 is 0 Å². The Morgan fingerprint density at radius 3 is 2.12 bits per heavy atom. The van der Waals surface area contributed by atoms with Crippen LogP contribution < -0.4 is 5.32 Å². The first-order chi connectivity index (χ1) is 7.63. The first kappa shape index (κ1) is 16.1. The molecule has 0 radical (unpaired) electrons. The van der Waals surface area contributed by atoms with Crippen LogP contribution in [0.4, 0.5) is 0 Å². The van der Waals surface area contributed by atoms with Crippen molar-refractivity contribution in [1.82, 2.24) is 5.32 Å². The number of rotatable bonds is 7. The van der Waals surface area contributed by atoms with Crippen LogP contribution in [0.2, 0.25) is 0 Å². The van der Waals surface area contributed by atoms with Crippen LogP contribution in [0.15, 0.2) is 0 Å². The Morgan fingerprint density at radius 1 is 1.24 bits per heavy atom. The minimum absolute atomic E-state index is 0.0269. The maximum atomic E-state index is 11.1. The Hall–Kier alpha value is -0.900. The maximum Gasteiger partial charge on any atom is 0.320 e. The molecule has 17 heavy (non-hydrogen) atoms. The second kappa shape index (κ2) is 6.74. The molecule has 0 saturated carbocycles. The summed E-state index contributed by atoms with van der Waals surface area (Å²) in [4.78, 5) is 22.1. The number of carbonyl (C=O) groups is 2. The van der Waals surface area contributed by atoms with Crippen molar-refractivity contribution < 1.29 is 14.7 Å². The van der Waals surface area contributed by atoms with E-state index in [0.717, 1.165) is 12.8 Å². The van der Waals surface area contributed by atoms with Gasteiger partial charge in [-0.3, -0.25) is 14.9 Å². The Kier molecular flexibility index (Phi) is 6.39. The van der Waals surface area contributed by atoms with Crippen LogP contribution in [0.3, 0.4) is 0 Å². The smallest absolute Gasteiger partial charge is 0.320 e. The van der Waals surface area contributed by atoms with E-state index in [2.05, 4.69) is 5.32 Å². The van der Waals surface area contributed by atoms with Gasteiger partial charge in [-0.2, -0.15) is 0 Å². The minimum atomic E-state index is -0.824. The second-order valence-corrected chi connectivity index (χ2v) is 5.73. The molecule has 100 valence electrons. The molecule has 0 saturated heterocycles. The van der Waals surface area contributed by atoms with Crippen molar-refractivity contribution in [3.63, 3.8) is 0 Å². The van der Waals surface area contributed by atoms with E-state index in [-0.39, 0.29) is 17.2 Å². The molecule has 2 atom stereocenters. The van der Waals surface area contributed by atoms with E-state index in [4.69, 9.17) is 5.11 Å². The summed E-state index contributed by atoms with van der Waals surface area (Å²) in [6.45, 7) is 9.30. The number of hydrogen-bond acceptors (Lipinski definition) is 3. The van der Waals surface area contributed by atoms with Crippen LogP contribution in [-0.4, -0.2) is 28.4 Å². The molecule has 0 amide bonds. The van der Waals surface area contributed by atoms with Crippen LogP contribution in [0.25, 0.3) is 0 Å². The van der Waals surface area contributed by atoms with Gasteiger partial charge >= 0.3 is 5.97 Å². The van der Waals surface area contributed by atoms with Crippen LogP contribution >= 0.6 is 0 Å². The lowest BCUT2D eigenvalue weighted by Gasteiger charge is -2.26. The van der Waals surface area contributed by atoms with E-state index in [0.29, 0.717) is 6.42 Å². The van der Waals surface area contributed by atoms with Gasteiger partial charge in [0.15, 0.2) is 0 Å². The first-order valence-corrected chi connectivity index (χ1v) is 6.14. The number of carboxylic acids is 1. The number of nitrogens with one attached hydrogen (secondary N) is 1. The molecule has 0 aromatic heterocycles. The van der Waals surface area contributed by atoms with Gasteiger partial charge < -0.3 is 5.11 Å². The number of hydrogen-bond donors (Lipinski definition) is 2. The van der Waals surface area contributed by atoms with Crippen LogP contribution in [0.5, 0.6) is 0 Å². The van der Waals surface area contributed by atoms with Gasteiger partial charge in [-0.15, -0.1) is 0 Å². The lowest BCUT2D eigenvalue weighted by atomic mass is 9.97. The summed E-state index contributed by atoms with van der Waals surface area (Å²) in [7, 11) is 0. The van der Waals surface area contributed by atoms with Gasteiger partial charge in [0.1, 0.15) is 11.8 Å². The molecular formula is C13H25NO3. The van der Waals surface area contributed by atoms with Gasteiger partial charge in [-0.1, -0.05) is 13.3 Å². The number of aliphatic carboxylic acids is 1. The molecule has 0 spiro atoms. The molecule has 1 unspecified atom stereocenters. The fraction of sp³-hybridized carbons (Fsp3) is 0.846. The highest BCUT2D eigenvalue weighted by atomic mass is 16.4. The van der Waals surface area contributed by atoms with Gasteiger partial charge in [0, 0.05) is 11.5 Å². The highest BCUT2D eigenvalue weighted by molar-refractivity contribution is 5.77. The third-order valence-electron chi connectivity index (χ3n) is 2.73. The Balaban J connectivity index is 4.11. The molecule has 0 rings (SSSR count). The highest BCUT2D eigenvalue weighted by Crippen LogP contribution is 2.12. The number of carboxylic acid groups (broad SMARTS) is 1. The molecule has 0 aromatic rings. The van der Waals surface area contributed by atoms with E-state index < -0.39 is 12.0 Å². The van der Waals surface area contributed by atoms with Gasteiger partial charge in [-0.05, 0) is 40.5 Å². The van der Waals surface area contributed by atoms with Crippen molar-refractivity contribution in [2.24, 2.45) is 5.92 Å². The van der Waals surface area contributed by atoms with Crippen molar-refractivity contribution in [3.05, 3.63) is 0 Å². The summed E-state index contributed by atoms with van der Waals surface area (Å²) in [5, 5.41) is 12.2.